The van der Waals surface area contributed by atoms with Gasteiger partial charge in [0.25, 0.3) is 5.91 Å². The van der Waals surface area contributed by atoms with Gasteiger partial charge < -0.3 is 25.8 Å². The summed E-state index contributed by atoms with van der Waals surface area (Å²) >= 11 is 1.32. The molecule has 1 aliphatic carbocycles. The Morgan fingerprint density at radius 2 is 2.03 bits per heavy atom. The van der Waals surface area contributed by atoms with Crippen molar-refractivity contribution in [1.82, 2.24) is 15.3 Å². The largest absolute Gasteiger partial charge is 0.494 e. The van der Waals surface area contributed by atoms with E-state index in [2.05, 4.69) is 20.6 Å². The maximum absolute atomic E-state index is 12.8. The Bertz CT molecular complexity index is 1330. The van der Waals surface area contributed by atoms with E-state index in [0.717, 1.165) is 12.8 Å². The van der Waals surface area contributed by atoms with Gasteiger partial charge in [-0.25, -0.2) is 9.97 Å². The van der Waals surface area contributed by atoms with Crippen molar-refractivity contribution in [3.63, 3.8) is 0 Å². The van der Waals surface area contributed by atoms with Crippen molar-refractivity contribution in [2.45, 2.75) is 32.3 Å². The van der Waals surface area contributed by atoms with E-state index in [0.29, 0.717) is 26.9 Å². The Kier molecular flexibility index (Phi) is 5.51. The SMILES string of the molecule is [2H]C([2H])([2H])NC(=O)c1cnc(NC(=O)C2CC2)cc1Nc1cccc(-c2ncc(C(C)(C)O)s2)c1OC. The fraction of sp³-hybridized carbons (Fsp3) is 0.333. The fourth-order valence-electron chi connectivity index (χ4n) is 3.30. The number of carbonyl (C=O) groups excluding carboxylic acids is 2. The number of hydrogen-bond acceptors (Lipinski definition) is 8. The number of benzene rings is 1. The van der Waals surface area contributed by atoms with Gasteiger partial charge in [0.1, 0.15) is 10.8 Å². The first-order valence-corrected chi connectivity index (χ1v) is 11.4. The van der Waals surface area contributed by atoms with Crippen molar-refractivity contribution in [3.8, 4) is 16.3 Å². The number of nitrogens with one attached hydrogen (secondary N) is 3. The lowest BCUT2D eigenvalue weighted by molar-refractivity contribution is -0.117. The average Bonchev–Trinajstić information content (AvgIpc) is 3.53. The zero-order valence-electron chi connectivity index (χ0n) is 21.9. The summed E-state index contributed by atoms with van der Waals surface area (Å²) in [6.45, 7) is 0.649. The lowest BCUT2D eigenvalue weighted by Crippen LogP contribution is -2.20. The molecule has 0 aliphatic heterocycles. The van der Waals surface area contributed by atoms with E-state index in [1.54, 1.807) is 32.2 Å². The van der Waals surface area contributed by atoms with Crippen LogP contribution in [0.3, 0.4) is 0 Å². The highest BCUT2D eigenvalue weighted by Gasteiger charge is 2.30. The molecule has 3 aromatic rings. The third kappa shape index (κ3) is 5.02. The van der Waals surface area contributed by atoms with Crippen LogP contribution < -0.4 is 20.7 Å². The number of aromatic nitrogens is 2. The van der Waals surface area contributed by atoms with Gasteiger partial charge in [-0.05, 0) is 38.8 Å². The molecule has 1 aromatic carbocycles. The molecule has 2 heterocycles. The van der Waals surface area contributed by atoms with E-state index < -0.39 is 18.5 Å². The third-order valence-corrected chi connectivity index (χ3v) is 6.63. The van der Waals surface area contributed by atoms with E-state index in [-0.39, 0.29) is 28.9 Å². The lowest BCUT2D eigenvalue weighted by atomic mass is 10.1. The highest BCUT2D eigenvalue weighted by molar-refractivity contribution is 7.15. The molecule has 0 radical (unpaired) electrons. The number of ether oxygens (including phenoxy) is 1. The first-order chi connectivity index (χ1) is 17.4. The molecule has 0 unspecified atom stereocenters. The fourth-order valence-corrected chi connectivity index (χ4v) is 4.24. The Morgan fingerprint density at radius 1 is 1.24 bits per heavy atom. The highest BCUT2D eigenvalue weighted by atomic mass is 32.1. The Morgan fingerprint density at radius 3 is 2.68 bits per heavy atom. The molecule has 2 amide bonds. The number of rotatable bonds is 8. The molecule has 1 saturated carbocycles. The van der Waals surface area contributed by atoms with Crippen LogP contribution >= 0.6 is 11.3 Å². The lowest BCUT2D eigenvalue weighted by Gasteiger charge is -2.17. The number of nitrogens with zero attached hydrogens (tertiary/aromatic N) is 2. The molecule has 4 N–H and O–H groups in total. The van der Waals surface area contributed by atoms with E-state index in [1.807, 2.05) is 11.4 Å². The molecule has 4 rings (SSSR count). The van der Waals surface area contributed by atoms with Crippen molar-refractivity contribution in [1.29, 1.82) is 0 Å². The summed E-state index contributed by atoms with van der Waals surface area (Å²) in [5.74, 6) is -0.443. The van der Waals surface area contributed by atoms with Gasteiger partial charge in [-0.2, -0.15) is 0 Å². The smallest absolute Gasteiger partial charge is 0.254 e. The topological polar surface area (TPSA) is 125 Å². The summed E-state index contributed by atoms with van der Waals surface area (Å²) < 4.78 is 27.8. The molecule has 10 heteroatoms. The van der Waals surface area contributed by atoms with Gasteiger partial charge in [-0.15, -0.1) is 11.3 Å². The minimum Gasteiger partial charge on any atom is -0.494 e. The summed E-state index contributed by atoms with van der Waals surface area (Å²) in [5, 5.41) is 18.8. The van der Waals surface area contributed by atoms with Crippen LogP contribution in [-0.4, -0.2) is 41.0 Å². The Hall–Kier alpha value is -3.50. The second-order valence-corrected chi connectivity index (χ2v) is 9.46. The number of pyridine rings is 1. The van der Waals surface area contributed by atoms with Crippen molar-refractivity contribution in [3.05, 3.63) is 47.1 Å². The highest BCUT2D eigenvalue weighted by Crippen LogP contribution is 2.41. The van der Waals surface area contributed by atoms with Crippen LogP contribution in [0.15, 0.2) is 36.7 Å². The van der Waals surface area contributed by atoms with Crippen LogP contribution in [0.4, 0.5) is 17.2 Å². The van der Waals surface area contributed by atoms with Crippen LogP contribution in [0.2, 0.25) is 0 Å². The van der Waals surface area contributed by atoms with Crippen LogP contribution in [0, 0.1) is 5.92 Å². The van der Waals surface area contributed by atoms with Gasteiger partial charge >= 0.3 is 0 Å². The van der Waals surface area contributed by atoms with Gasteiger partial charge in [0.05, 0.1) is 40.1 Å². The number of thiazole rings is 1. The maximum Gasteiger partial charge on any atom is 0.254 e. The Balaban J connectivity index is 1.72. The van der Waals surface area contributed by atoms with Crippen molar-refractivity contribution in [2.75, 3.05) is 24.7 Å². The zero-order chi connectivity index (χ0) is 27.0. The molecule has 9 nitrogen and oxygen atoms in total. The maximum atomic E-state index is 12.8. The summed E-state index contributed by atoms with van der Waals surface area (Å²) in [6, 6.07) is 6.77. The van der Waals surface area contributed by atoms with E-state index >= 15 is 0 Å². The predicted octanol–water partition coefficient (Wildman–Crippen LogP) is 3.89. The molecule has 0 bridgehead atoms. The third-order valence-electron chi connectivity index (χ3n) is 5.29. The number of para-hydroxylation sites is 1. The van der Waals surface area contributed by atoms with E-state index in [1.165, 1.54) is 30.7 Å². The standard InChI is InChI=1S/C24H27N5O4S/c1-24(2,32)18-12-27-23(34-18)14-6-5-7-16(20(14)33-4)28-17-10-19(29-21(30)13-8-9-13)26-11-15(17)22(31)25-3/h5-7,10-13,32H,8-9H2,1-4H3,(H,25,31)(H2,26,28,29,30)/i3D3. The molecular formula is C24H27N5O4S. The minimum atomic E-state index is -2.70. The quantitative estimate of drug-likeness (QED) is 0.382. The first kappa shape index (κ1) is 19.9. The molecule has 0 saturated heterocycles. The molecular weight excluding hydrogens is 454 g/mol. The molecule has 0 spiro atoms. The van der Waals surface area contributed by atoms with E-state index in [4.69, 9.17) is 8.85 Å². The number of methoxy groups -OCH3 is 1. The second-order valence-electron chi connectivity index (χ2n) is 8.43. The van der Waals surface area contributed by atoms with Crippen molar-refractivity contribution >= 4 is 40.3 Å². The molecule has 1 aliphatic rings. The average molecular weight is 485 g/mol. The van der Waals surface area contributed by atoms with Gasteiger partial charge in [0.2, 0.25) is 5.91 Å². The Labute approximate surface area is 205 Å². The van der Waals surface area contributed by atoms with Crippen LogP contribution in [0.25, 0.3) is 10.6 Å². The molecule has 0 atom stereocenters. The van der Waals surface area contributed by atoms with Crippen molar-refractivity contribution in [2.24, 2.45) is 5.92 Å². The number of hydrogen-bond donors (Lipinski definition) is 4. The van der Waals surface area contributed by atoms with Crippen LogP contribution in [0.5, 0.6) is 5.75 Å². The summed E-state index contributed by atoms with van der Waals surface area (Å²) in [5.41, 5.74) is 0.246. The second kappa shape index (κ2) is 9.40. The molecule has 2 aromatic heterocycles. The predicted molar refractivity (Wildman–Crippen MR) is 132 cm³/mol. The van der Waals surface area contributed by atoms with Crippen molar-refractivity contribution < 1.29 is 23.5 Å². The number of anilines is 3. The normalized spacial score (nSPS) is 15.0. The van der Waals surface area contributed by atoms with Gasteiger partial charge in [0, 0.05) is 35.5 Å². The molecule has 1 fully saturated rings. The number of amides is 2. The summed E-state index contributed by atoms with van der Waals surface area (Å²) in [7, 11) is 1.49. The van der Waals surface area contributed by atoms with Crippen LogP contribution in [0.1, 0.15) is 46.0 Å². The van der Waals surface area contributed by atoms with Gasteiger partial charge in [0.15, 0.2) is 5.75 Å². The monoisotopic (exact) mass is 484 g/mol. The first-order valence-electron chi connectivity index (χ1n) is 12.1. The zero-order valence-corrected chi connectivity index (χ0v) is 19.7. The van der Waals surface area contributed by atoms with Gasteiger partial charge in [-0.1, -0.05) is 6.07 Å². The van der Waals surface area contributed by atoms with Crippen LogP contribution in [-0.2, 0) is 10.4 Å². The number of carbonyl (C=O) groups is 2. The molecule has 34 heavy (non-hydrogen) atoms. The minimum absolute atomic E-state index is 0.0356. The number of aliphatic hydroxyl groups is 1. The molecule has 178 valence electrons. The van der Waals surface area contributed by atoms with Gasteiger partial charge in [-0.3, -0.25) is 9.59 Å². The van der Waals surface area contributed by atoms with E-state index in [9.17, 15) is 14.7 Å². The summed E-state index contributed by atoms with van der Waals surface area (Å²) in [4.78, 5) is 34.3. The summed E-state index contributed by atoms with van der Waals surface area (Å²) in [6.07, 6.45) is 4.44.